The van der Waals surface area contributed by atoms with E-state index < -0.39 is 11.9 Å². The number of carbonyl (C=O) groups is 3. The van der Waals surface area contributed by atoms with Crippen molar-refractivity contribution in [2.24, 2.45) is 7.05 Å². The van der Waals surface area contributed by atoms with Crippen molar-refractivity contribution in [3.05, 3.63) is 102 Å². The van der Waals surface area contributed by atoms with Gasteiger partial charge in [0.05, 0.1) is 17.7 Å². The second kappa shape index (κ2) is 15.7. The van der Waals surface area contributed by atoms with Gasteiger partial charge in [-0.15, -0.1) is 0 Å². The number of aryl methyl sites for hydroxylation is 1. The van der Waals surface area contributed by atoms with Crippen LogP contribution < -0.4 is 19.7 Å². The fourth-order valence-electron chi connectivity index (χ4n) is 8.67. The van der Waals surface area contributed by atoms with Gasteiger partial charge in [-0.3, -0.25) is 24.7 Å². The summed E-state index contributed by atoms with van der Waals surface area (Å²) in [6.45, 7) is 2.00. The first-order valence-electron chi connectivity index (χ1n) is 20.4. The van der Waals surface area contributed by atoms with Crippen molar-refractivity contribution in [2.75, 3.05) is 24.6 Å². The fraction of sp³-hybridized carbons (Fsp3) is 0.326. The second-order valence-electron chi connectivity index (χ2n) is 15.8. The van der Waals surface area contributed by atoms with Gasteiger partial charge >= 0.3 is 0 Å². The van der Waals surface area contributed by atoms with Crippen LogP contribution in [0.25, 0.3) is 32.9 Å². The average molecular weight is 803 g/mol. The van der Waals surface area contributed by atoms with Crippen LogP contribution in [0.5, 0.6) is 11.6 Å². The van der Waals surface area contributed by atoms with Gasteiger partial charge in [0.2, 0.25) is 23.6 Å². The predicted molar refractivity (Wildman–Crippen MR) is 222 cm³/mol. The number of pyridine rings is 2. The molecule has 1 saturated carbocycles. The SMILES string of the molecule is Cn1c2ccncc2c2ccc(-c3ccc(OC4CC(OC5CCN(c6nccc(C#CCOc7ccc8c(c7)CN(C7CCC(=O)NC7=O)C8=O)n6)CC5)C4)nc3)cc21. The van der Waals surface area contributed by atoms with Crippen LogP contribution >= 0.6 is 0 Å². The summed E-state index contributed by atoms with van der Waals surface area (Å²) in [5.74, 6) is 6.99. The summed E-state index contributed by atoms with van der Waals surface area (Å²) in [5, 5.41) is 4.67. The van der Waals surface area contributed by atoms with E-state index in [9.17, 15) is 14.4 Å². The molecule has 1 aliphatic carbocycles. The van der Waals surface area contributed by atoms with Gasteiger partial charge in [-0.1, -0.05) is 18.1 Å². The predicted octanol–water partition coefficient (Wildman–Crippen LogP) is 5.37. The van der Waals surface area contributed by atoms with Gasteiger partial charge in [-0.05, 0) is 78.8 Å². The third-order valence-corrected chi connectivity index (χ3v) is 12.0. The minimum Gasteiger partial charge on any atom is -0.481 e. The fourth-order valence-corrected chi connectivity index (χ4v) is 8.67. The number of carbonyl (C=O) groups excluding carboxylic acids is 3. The topological polar surface area (TPSA) is 154 Å². The molecule has 14 heteroatoms. The molecule has 10 rings (SSSR count). The zero-order chi connectivity index (χ0) is 40.7. The molecule has 14 nitrogen and oxygen atoms in total. The van der Waals surface area contributed by atoms with Gasteiger partial charge in [-0.25, -0.2) is 15.0 Å². The van der Waals surface area contributed by atoms with E-state index in [1.165, 1.54) is 10.3 Å². The van der Waals surface area contributed by atoms with E-state index >= 15 is 0 Å². The Balaban J connectivity index is 0.660. The normalized spacial score (nSPS) is 20.4. The van der Waals surface area contributed by atoms with E-state index in [0.717, 1.165) is 71.9 Å². The maximum absolute atomic E-state index is 13.0. The highest BCUT2D eigenvalue weighted by Crippen LogP contribution is 2.34. The Morgan fingerprint density at radius 2 is 1.70 bits per heavy atom. The van der Waals surface area contributed by atoms with Crippen LogP contribution in [0.2, 0.25) is 0 Å². The number of amides is 3. The highest BCUT2D eigenvalue weighted by atomic mass is 16.5. The Kier molecular flexibility index (Phi) is 9.81. The number of anilines is 1. The van der Waals surface area contributed by atoms with Crippen LogP contribution in [0.4, 0.5) is 5.95 Å². The lowest BCUT2D eigenvalue weighted by Gasteiger charge is -2.39. The van der Waals surface area contributed by atoms with Gasteiger partial charge in [0.1, 0.15) is 30.2 Å². The third-order valence-electron chi connectivity index (χ3n) is 12.0. The van der Waals surface area contributed by atoms with E-state index in [-0.39, 0.29) is 49.7 Å². The lowest BCUT2D eigenvalue weighted by molar-refractivity contribution is -0.136. The number of imide groups is 1. The quantitative estimate of drug-likeness (QED) is 0.148. The van der Waals surface area contributed by atoms with E-state index in [4.69, 9.17) is 19.2 Å². The molecule has 0 spiro atoms. The van der Waals surface area contributed by atoms with Crippen LogP contribution in [-0.2, 0) is 27.9 Å². The summed E-state index contributed by atoms with van der Waals surface area (Å²) in [6.07, 6.45) is 11.8. The maximum Gasteiger partial charge on any atom is 0.255 e. The van der Waals surface area contributed by atoms with Crippen molar-refractivity contribution < 1.29 is 28.6 Å². The number of nitrogens with zero attached hydrogens (tertiary/aromatic N) is 7. The minimum atomic E-state index is -0.657. The molecule has 3 fully saturated rings. The van der Waals surface area contributed by atoms with Crippen LogP contribution in [0.3, 0.4) is 0 Å². The zero-order valence-corrected chi connectivity index (χ0v) is 33.0. The molecule has 2 saturated heterocycles. The lowest BCUT2D eigenvalue weighted by atomic mass is 9.91. The molecular formula is C46H42N8O6. The number of nitrogens with one attached hydrogen (secondary N) is 1. The maximum atomic E-state index is 13.0. The standard InChI is InChI=1S/C46H42N8O6/c1-52-39-13-16-47-26-38(39)37-7-4-28(22-41(37)52)29-5-11-43(49-25-29)60-35-23-34(24-35)59-32-14-18-53(19-15-32)46-48-17-12-31(50-46)3-2-20-58-33-6-8-36-30(21-33)27-54(45(36)57)40-9-10-42(55)51-44(40)56/h4-8,11-13,16-17,21-22,25-26,32,34-35,40H,9-10,14-15,18-20,23-24,27H2,1H3,(H,51,55,56). The third kappa shape index (κ3) is 7.37. The molecular weight excluding hydrogens is 761 g/mol. The van der Waals surface area contributed by atoms with Crippen LogP contribution in [-0.4, -0.2) is 91.2 Å². The Hall–Kier alpha value is -6.85. The molecule has 302 valence electrons. The largest absolute Gasteiger partial charge is 0.481 e. The highest BCUT2D eigenvalue weighted by Gasteiger charge is 2.39. The summed E-state index contributed by atoms with van der Waals surface area (Å²) in [7, 11) is 2.09. The number of hydrogen-bond donors (Lipinski definition) is 1. The smallest absolute Gasteiger partial charge is 0.255 e. The van der Waals surface area contributed by atoms with Gasteiger partial charge in [-0.2, -0.15) is 0 Å². The Bertz CT molecular complexity index is 2710. The lowest BCUT2D eigenvalue weighted by Crippen LogP contribution is -2.52. The summed E-state index contributed by atoms with van der Waals surface area (Å²) in [5.41, 5.74) is 6.38. The van der Waals surface area contributed by atoms with E-state index in [2.05, 4.69) is 72.9 Å². The molecule has 0 bridgehead atoms. The number of fused-ring (bicyclic) bond motifs is 4. The van der Waals surface area contributed by atoms with Crippen molar-refractivity contribution >= 4 is 45.5 Å². The van der Waals surface area contributed by atoms with Crippen molar-refractivity contribution in [1.29, 1.82) is 0 Å². The first-order chi connectivity index (χ1) is 29.3. The van der Waals surface area contributed by atoms with E-state index in [0.29, 0.717) is 35.3 Å². The Morgan fingerprint density at radius 1 is 0.833 bits per heavy atom. The molecule has 0 radical (unpaired) electrons. The summed E-state index contributed by atoms with van der Waals surface area (Å²) in [6, 6.07) is 18.9. The van der Waals surface area contributed by atoms with Crippen molar-refractivity contribution in [3.63, 3.8) is 0 Å². The van der Waals surface area contributed by atoms with Crippen molar-refractivity contribution in [2.45, 2.75) is 69.4 Å². The zero-order valence-electron chi connectivity index (χ0n) is 33.0. The average Bonchev–Trinajstić information content (AvgIpc) is 3.74. The molecule has 3 amide bonds. The monoisotopic (exact) mass is 802 g/mol. The van der Waals surface area contributed by atoms with Gasteiger partial charge < -0.3 is 28.6 Å². The molecule has 6 aromatic rings. The Morgan fingerprint density at radius 3 is 2.53 bits per heavy atom. The molecule has 7 heterocycles. The number of ether oxygens (including phenoxy) is 3. The number of aromatic nitrogens is 5. The summed E-state index contributed by atoms with van der Waals surface area (Å²) < 4.78 is 20.7. The second-order valence-corrected chi connectivity index (χ2v) is 15.8. The van der Waals surface area contributed by atoms with Gasteiger partial charge in [0, 0.05) is 104 Å². The molecule has 1 unspecified atom stereocenters. The van der Waals surface area contributed by atoms with E-state index in [1.807, 2.05) is 30.7 Å². The molecule has 4 aliphatic rings. The molecule has 4 aromatic heterocycles. The molecule has 3 aliphatic heterocycles. The van der Waals surface area contributed by atoms with Crippen LogP contribution in [0.15, 0.2) is 85.5 Å². The van der Waals surface area contributed by atoms with Crippen LogP contribution in [0.1, 0.15) is 60.1 Å². The molecule has 60 heavy (non-hydrogen) atoms. The van der Waals surface area contributed by atoms with E-state index in [1.54, 1.807) is 30.5 Å². The van der Waals surface area contributed by atoms with Gasteiger partial charge in [0.15, 0.2) is 0 Å². The number of benzene rings is 2. The molecule has 2 aromatic carbocycles. The first-order valence-corrected chi connectivity index (χ1v) is 20.4. The Labute approximate surface area is 345 Å². The minimum absolute atomic E-state index is 0.0914. The molecule has 1 N–H and O–H groups in total. The van der Waals surface area contributed by atoms with Crippen molar-refractivity contribution in [1.82, 2.24) is 34.7 Å². The molecule has 1 atom stereocenters. The summed E-state index contributed by atoms with van der Waals surface area (Å²) in [4.78, 5) is 58.7. The highest BCUT2D eigenvalue weighted by molar-refractivity contribution is 6.08. The number of hydrogen-bond acceptors (Lipinski definition) is 11. The van der Waals surface area contributed by atoms with Crippen LogP contribution in [0, 0.1) is 11.8 Å². The number of rotatable bonds is 9. The summed E-state index contributed by atoms with van der Waals surface area (Å²) >= 11 is 0. The first kappa shape index (κ1) is 37.4. The number of piperidine rings is 2. The van der Waals surface area contributed by atoms with Gasteiger partial charge in [0.25, 0.3) is 5.91 Å². The van der Waals surface area contributed by atoms with Crippen molar-refractivity contribution in [3.8, 4) is 34.6 Å².